The minimum atomic E-state index is -0.207. The number of ketones is 1. The van der Waals surface area contributed by atoms with Gasteiger partial charge < -0.3 is 0 Å². The highest BCUT2D eigenvalue weighted by Gasteiger charge is 2.20. The Bertz CT molecular complexity index is 371. The van der Waals surface area contributed by atoms with Crippen LogP contribution in [0.25, 0.3) is 0 Å². The van der Waals surface area contributed by atoms with Gasteiger partial charge in [0.15, 0.2) is 0 Å². The third kappa shape index (κ3) is 4.72. The summed E-state index contributed by atoms with van der Waals surface area (Å²) in [6.45, 7) is 8.16. The van der Waals surface area contributed by atoms with E-state index in [-0.39, 0.29) is 5.41 Å². The Hall–Kier alpha value is -1.11. The number of carbonyl (C=O) groups excluding carboxylic acids is 1. The van der Waals surface area contributed by atoms with Gasteiger partial charge in [-0.3, -0.25) is 4.79 Å². The van der Waals surface area contributed by atoms with Crippen molar-refractivity contribution in [3.05, 3.63) is 35.4 Å². The van der Waals surface area contributed by atoms with Gasteiger partial charge in [0.05, 0.1) is 0 Å². The van der Waals surface area contributed by atoms with E-state index in [2.05, 4.69) is 31.2 Å². The summed E-state index contributed by atoms with van der Waals surface area (Å²) in [7, 11) is 0. The molecule has 1 nitrogen and oxygen atoms in total. The molecule has 0 saturated heterocycles. The van der Waals surface area contributed by atoms with Crippen molar-refractivity contribution in [2.24, 2.45) is 5.41 Å². The van der Waals surface area contributed by atoms with Gasteiger partial charge in [0.1, 0.15) is 5.78 Å². The fraction of sp³-hybridized carbons (Fsp3) is 0.562. The van der Waals surface area contributed by atoms with Crippen molar-refractivity contribution >= 4 is 5.78 Å². The van der Waals surface area contributed by atoms with Gasteiger partial charge >= 0.3 is 0 Å². The van der Waals surface area contributed by atoms with Gasteiger partial charge in [0.2, 0.25) is 0 Å². The number of aryl methyl sites for hydroxylation is 2. The zero-order chi connectivity index (χ0) is 12.9. The Morgan fingerprint density at radius 3 is 2.24 bits per heavy atom. The number of hydrogen-bond donors (Lipinski definition) is 0. The van der Waals surface area contributed by atoms with E-state index in [1.165, 1.54) is 17.5 Å². The topological polar surface area (TPSA) is 17.1 Å². The lowest BCUT2D eigenvalue weighted by atomic mass is 9.87. The second-order valence-corrected chi connectivity index (χ2v) is 5.74. The lowest BCUT2D eigenvalue weighted by molar-refractivity contribution is -0.126. The number of hydrogen-bond acceptors (Lipinski definition) is 1. The van der Waals surface area contributed by atoms with Crippen molar-refractivity contribution in [2.75, 3.05) is 0 Å². The van der Waals surface area contributed by atoms with Crippen molar-refractivity contribution in [1.29, 1.82) is 0 Å². The quantitative estimate of drug-likeness (QED) is 0.744. The smallest absolute Gasteiger partial charge is 0.138 e. The summed E-state index contributed by atoms with van der Waals surface area (Å²) >= 11 is 0. The summed E-state index contributed by atoms with van der Waals surface area (Å²) in [5, 5.41) is 0. The molecule has 1 aromatic rings. The molecule has 1 heteroatoms. The summed E-state index contributed by atoms with van der Waals surface area (Å²) in [6, 6.07) is 8.62. The molecule has 0 aliphatic carbocycles. The maximum Gasteiger partial charge on any atom is 0.138 e. The monoisotopic (exact) mass is 232 g/mol. The largest absolute Gasteiger partial charge is 0.299 e. The molecule has 0 heterocycles. The van der Waals surface area contributed by atoms with Crippen LogP contribution in [-0.4, -0.2) is 5.78 Å². The predicted molar refractivity (Wildman–Crippen MR) is 73.2 cm³/mol. The van der Waals surface area contributed by atoms with E-state index < -0.39 is 0 Å². The van der Waals surface area contributed by atoms with Crippen molar-refractivity contribution in [2.45, 2.75) is 53.4 Å². The Morgan fingerprint density at radius 1 is 1.12 bits per heavy atom. The molecule has 94 valence electrons. The number of Topliss-reactive ketones (excluding diaryl/α,β-unsaturated/α-hetero) is 1. The van der Waals surface area contributed by atoms with Crippen LogP contribution in [0.2, 0.25) is 0 Å². The second kappa shape index (κ2) is 6.00. The highest BCUT2D eigenvalue weighted by atomic mass is 16.1. The average Bonchev–Trinajstić information content (AvgIpc) is 2.25. The van der Waals surface area contributed by atoms with E-state index >= 15 is 0 Å². The zero-order valence-corrected chi connectivity index (χ0v) is 11.5. The molecule has 0 amide bonds. The molecular formula is C16H24O. The summed E-state index contributed by atoms with van der Waals surface area (Å²) in [4.78, 5) is 11.8. The molecule has 0 N–H and O–H groups in total. The maximum atomic E-state index is 11.8. The normalized spacial score (nSPS) is 11.5. The molecule has 0 aliphatic heterocycles. The summed E-state index contributed by atoms with van der Waals surface area (Å²) in [6.07, 6.45) is 3.82. The van der Waals surface area contributed by atoms with E-state index in [0.29, 0.717) is 12.2 Å². The molecule has 0 bridgehead atoms. The van der Waals surface area contributed by atoms with Gasteiger partial charge in [-0.1, -0.05) is 58.4 Å². The first-order chi connectivity index (χ1) is 7.93. The first kappa shape index (κ1) is 14.0. The molecule has 17 heavy (non-hydrogen) atoms. The maximum absolute atomic E-state index is 11.8. The van der Waals surface area contributed by atoms with Gasteiger partial charge in [0, 0.05) is 11.8 Å². The molecule has 0 saturated carbocycles. The van der Waals surface area contributed by atoms with Gasteiger partial charge in [-0.2, -0.15) is 0 Å². The Morgan fingerprint density at radius 2 is 1.71 bits per heavy atom. The molecule has 0 atom stereocenters. The summed E-state index contributed by atoms with van der Waals surface area (Å²) in [5.74, 6) is 0.346. The van der Waals surface area contributed by atoms with E-state index in [4.69, 9.17) is 0 Å². The fourth-order valence-electron chi connectivity index (χ4n) is 1.86. The predicted octanol–water partition coefficient (Wildman–Crippen LogP) is 4.19. The van der Waals surface area contributed by atoms with E-state index in [9.17, 15) is 4.79 Å². The van der Waals surface area contributed by atoms with Crippen LogP contribution in [0.3, 0.4) is 0 Å². The summed E-state index contributed by atoms with van der Waals surface area (Å²) < 4.78 is 0. The number of carbonyl (C=O) groups is 1. The molecule has 0 radical (unpaired) electrons. The van der Waals surface area contributed by atoms with Crippen molar-refractivity contribution in [1.82, 2.24) is 0 Å². The van der Waals surface area contributed by atoms with E-state index in [1.807, 2.05) is 20.8 Å². The van der Waals surface area contributed by atoms with Crippen LogP contribution in [0.15, 0.2) is 24.3 Å². The molecule has 0 aliphatic rings. The van der Waals surface area contributed by atoms with Crippen molar-refractivity contribution in [3.8, 4) is 0 Å². The highest BCUT2D eigenvalue weighted by Crippen LogP contribution is 2.18. The van der Waals surface area contributed by atoms with E-state index in [1.54, 1.807) is 0 Å². The first-order valence-corrected chi connectivity index (χ1v) is 6.54. The van der Waals surface area contributed by atoms with Gasteiger partial charge in [-0.15, -0.1) is 0 Å². The van der Waals surface area contributed by atoms with Crippen LogP contribution in [0.5, 0.6) is 0 Å². The number of rotatable bonds is 5. The van der Waals surface area contributed by atoms with Crippen LogP contribution in [0.4, 0.5) is 0 Å². The minimum absolute atomic E-state index is 0.207. The third-order valence-electron chi connectivity index (χ3n) is 3.01. The lowest BCUT2D eigenvalue weighted by Crippen LogP contribution is -2.20. The second-order valence-electron chi connectivity index (χ2n) is 5.74. The molecule has 1 rings (SSSR count). The molecule has 0 fully saturated rings. The highest BCUT2D eigenvalue weighted by molar-refractivity contribution is 5.83. The van der Waals surface area contributed by atoms with Crippen LogP contribution >= 0.6 is 0 Å². The molecule has 0 unspecified atom stereocenters. The standard InChI is InChI=1S/C16H24O/c1-5-7-13-8-6-9-14(12-13)10-11-15(17)16(2,3)4/h6,8-9,12H,5,7,10-11H2,1-4H3. The molecule has 0 aromatic heterocycles. The molecular weight excluding hydrogens is 208 g/mol. The number of benzene rings is 1. The SMILES string of the molecule is CCCc1cccc(CCC(=O)C(C)(C)C)c1. The van der Waals surface area contributed by atoms with Crippen LogP contribution in [0, 0.1) is 5.41 Å². The average molecular weight is 232 g/mol. The van der Waals surface area contributed by atoms with Crippen LogP contribution in [0.1, 0.15) is 51.7 Å². The Kier molecular flexibility index (Phi) is 4.92. The van der Waals surface area contributed by atoms with Crippen LogP contribution < -0.4 is 0 Å². The van der Waals surface area contributed by atoms with Crippen molar-refractivity contribution in [3.63, 3.8) is 0 Å². The molecule has 0 spiro atoms. The minimum Gasteiger partial charge on any atom is -0.299 e. The fourth-order valence-corrected chi connectivity index (χ4v) is 1.86. The van der Waals surface area contributed by atoms with Gasteiger partial charge in [-0.05, 0) is 24.0 Å². The first-order valence-electron chi connectivity index (χ1n) is 6.54. The third-order valence-corrected chi connectivity index (χ3v) is 3.01. The Balaban J connectivity index is 2.57. The van der Waals surface area contributed by atoms with Gasteiger partial charge in [-0.25, -0.2) is 0 Å². The van der Waals surface area contributed by atoms with E-state index in [0.717, 1.165) is 12.8 Å². The zero-order valence-electron chi connectivity index (χ0n) is 11.5. The summed E-state index contributed by atoms with van der Waals surface area (Å²) in [5.41, 5.74) is 2.46. The lowest BCUT2D eigenvalue weighted by Gasteiger charge is -2.16. The van der Waals surface area contributed by atoms with Crippen molar-refractivity contribution < 1.29 is 4.79 Å². The van der Waals surface area contributed by atoms with Crippen LogP contribution in [-0.2, 0) is 17.6 Å². The van der Waals surface area contributed by atoms with Gasteiger partial charge in [0.25, 0.3) is 0 Å². The molecule has 1 aromatic carbocycles. The Labute approximate surface area is 105 Å².